The lowest BCUT2D eigenvalue weighted by Gasteiger charge is -2.43. The average Bonchev–Trinajstić information content (AvgIpc) is 2.49. The molecule has 146 valence electrons. The Hall–Kier alpha value is -0.350. The summed E-state index contributed by atoms with van der Waals surface area (Å²) in [7, 11) is -12.0. The summed E-state index contributed by atoms with van der Waals surface area (Å²) in [5, 5.41) is 0. The lowest BCUT2D eigenvalue weighted by Crippen LogP contribution is -2.51. The van der Waals surface area contributed by atoms with E-state index < -0.39 is 54.3 Å². The molecule has 3 saturated heterocycles. The third-order valence-corrected chi connectivity index (χ3v) is 7.64. The monoisotopic (exact) mass is 422 g/mol. The second-order valence-corrected chi connectivity index (χ2v) is 10.8. The Morgan fingerprint density at radius 3 is 1.92 bits per heavy atom. The molecule has 0 aromatic heterocycles. The van der Waals surface area contributed by atoms with Crippen molar-refractivity contribution in [1.29, 1.82) is 0 Å². The fourth-order valence-corrected chi connectivity index (χ4v) is 6.35. The van der Waals surface area contributed by atoms with Crippen molar-refractivity contribution in [3.8, 4) is 0 Å². The minimum atomic E-state index is -4.06. The van der Waals surface area contributed by atoms with Crippen LogP contribution in [0.3, 0.4) is 0 Å². The molecule has 0 N–H and O–H groups in total. The zero-order chi connectivity index (χ0) is 18.5. The highest BCUT2D eigenvalue weighted by Crippen LogP contribution is 2.41. The van der Waals surface area contributed by atoms with E-state index in [2.05, 4.69) is 8.37 Å². The maximum Gasteiger partial charge on any atom is 0.399 e. The second-order valence-electron chi connectivity index (χ2n) is 6.62. The maximum absolute atomic E-state index is 12.1. The molecule has 3 aliphatic heterocycles. The van der Waals surface area contributed by atoms with Crippen molar-refractivity contribution in [3.63, 3.8) is 0 Å². The molecule has 11 nitrogen and oxygen atoms in total. The van der Waals surface area contributed by atoms with E-state index in [-0.39, 0.29) is 38.6 Å². The second kappa shape index (κ2) is 6.37. The molecule has 0 bridgehead atoms. The highest BCUT2D eigenvalue weighted by molar-refractivity contribution is 7.86. The first-order chi connectivity index (χ1) is 11.4. The molecule has 25 heavy (non-hydrogen) atoms. The lowest BCUT2D eigenvalue weighted by atomic mass is 9.75. The summed E-state index contributed by atoms with van der Waals surface area (Å²) in [6.07, 6.45) is -0.616. The fourth-order valence-electron chi connectivity index (χ4n) is 2.98. The van der Waals surface area contributed by atoms with E-state index in [1.807, 2.05) is 0 Å². The van der Waals surface area contributed by atoms with Gasteiger partial charge < -0.3 is 0 Å². The van der Waals surface area contributed by atoms with E-state index in [0.717, 1.165) is 0 Å². The van der Waals surface area contributed by atoms with Crippen molar-refractivity contribution in [2.45, 2.75) is 19.4 Å². The summed E-state index contributed by atoms with van der Waals surface area (Å²) < 4.78 is 92.7. The van der Waals surface area contributed by atoms with Gasteiger partial charge in [0.1, 0.15) is 0 Å². The summed E-state index contributed by atoms with van der Waals surface area (Å²) >= 11 is 0. The molecule has 0 spiro atoms. The molecule has 3 fully saturated rings. The topological polar surface area (TPSA) is 149 Å². The van der Waals surface area contributed by atoms with Gasteiger partial charge in [0.2, 0.25) is 0 Å². The SMILES string of the molecule is CC1(C2CC(C3COS(=O)(=O)OC3)OS(=O)(=O)C2)COS(=O)(=O)OC1. The quantitative estimate of drug-likeness (QED) is 0.500. The van der Waals surface area contributed by atoms with Crippen LogP contribution in [0.5, 0.6) is 0 Å². The molecule has 3 rings (SSSR count). The van der Waals surface area contributed by atoms with Gasteiger partial charge in [-0.1, -0.05) is 6.92 Å². The molecule has 3 aliphatic rings. The van der Waals surface area contributed by atoms with Crippen molar-refractivity contribution < 1.29 is 46.2 Å². The Kier molecular flexibility index (Phi) is 4.94. The summed E-state index contributed by atoms with van der Waals surface area (Å²) in [6.45, 7) is 0.728. The summed E-state index contributed by atoms with van der Waals surface area (Å²) in [5.74, 6) is -1.43. The van der Waals surface area contributed by atoms with Crippen LogP contribution in [0.1, 0.15) is 13.3 Å². The summed E-state index contributed by atoms with van der Waals surface area (Å²) in [5.41, 5.74) is -0.858. The minimum Gasteiger partial charge on any atom is -0.266 e. The Labute approximate surface area is 146 Å². The first-order valence-corrected chi connectivity index (χ1v) is 11.6. The smallest absolute Gasteiger partial charge is 0.266 e. The van der Waals surface area contributed by atoms with Crippen LogP contribution in [0, 0.1) is 17.3 Å². The predicted octanol–water partition coefficient (Wildman–Crippen LogP) is -1.07. The molecule has 0 aromatic carbocycles. The molecular weight excluding hydrogens is 404 g/mol. The van der Waals surface area contributed by atoms with Crippen molar-refractivity contribution >= 4 is 30.9 Å². The number of hydrogen-bond donors (Lipinski definition) is 0. The molecule has 14 heteroatoms. The third-order valence-electron chi connectivity index (χ3n) is 4.62. The normalized spacial score (nSPS) is 37.3. The highest BCUT2D eigenvalue weighted by atomic mass is 32.3. The number of hydrogen-bond acceptors (Lipinski definition) is 11. The zero-order valence-electron chi connectivity index (χ0n) is 13.2. The Morgan fingerprint density at radius 1 is 0.840 bits per heavy atom. The van der Waals surface area contributed by atoms with Gasteiger partial charge in [-0.05, 0) is 12.3 Å². The minimum absolute atomic E-state index is 0.214. The van der Waals surface area contributed by atoms with Gasteiger partial charge in [-0.2, -0.15) is 25.3 Å². The summed E-state index contributed by atoms with van der Waals surface area (Å²) in [6, 6.07) is 0. The van der Waals surface area contributed by atoms with Gasteiger partial charge in [0.25, 0.3) is 10.1 Å². The van der Waals surface area contributed by atoms with Gasteiger partial charge in [0, 0.05) is 11.3 Å². The van der Waals surface area contributed by atoms with Crippen molar-refractivity contribution in [3.05, 3.63) is 0 Å². The molecule has 2 atom stereocenters. The van der Waals surface area contributed by atoms with Crippen LogP contribution in [0.4, 0.5) is 0 Å². The molecule has 0 saturated carbocycles. The molecule has 0 aromatic rings. The largest absolute Gasteiger partial charge is 0.399 e. The predicted molar refractivity (Wildman–Crippen MR) is 80.0 cm³/mol. The van der Waals surface area contributed by atoms with E-state index in [0.29, 0.717) is 0 Å². The fraction of sp³-hybridized carbons (Fsp3) is 1.00. The standard InChI is InChI=1S/C11H18O11S3/c1-11(6-20-25(16,17)21-7-11)9-2-10(22-23(12,13)5-9)8-3-18-24(14,15)19-4-8/h8-10H,2-7H2,1H3. The van der Waals surface area contributed by atoms with Crippen LogP contribution in [-0.4, -0.2) is 63.5 Å². The molecule has 3 heterocycles. The molecule has 0 radical (unpaired) electrons. The van der Waals surface area contributed by atoms with E-state index in [4.69, 9.17) is 12.5 Å². The molecule has 0 amide bonds. The van der Waals surface area contributed by atoms with E-state index >= 15 is 0 Å². The van der Waals surface area contributed by atoms with Gasteiger partial charge in [-0.25, -0.2) is 16.7 Å². The zero-order valence-corrected chi connectivity index (χ0v) is 15.6. The van der Waals surface area contributed by atoms with Crippen molar-refractivity contribution in [1.82, 2.24) is 0 Å². The van der Waals surface area contributed by atoms with Gasteiger partial charge in [0.15, 0.2) is 0 Å². The molecule has 2 unspecified atom stereocenters. The van der Waals surface area contributed by atoms with E-state index in [1.54, 1.807) is 6.92 Å². The van der Waals surface area contributed by atoms with Crippen LogP contribution in [0.25, 0.3) is 0 Å². The highest BCUT2D eigenvalue weighted by Gasteiger charge is 2.49. The van der Waals surface area contributed by atoms with Gasteiger partial charge in [0.05, 0.1) is 38.3 Å². The third kappa shape index (κ3) is 4.50. The van der Waals surface area contributed by atoms with Crippen LogP contribution in [0.2, 0.25) is 0 Å². The van der Waals surface area contributed by atoms with Crippen molar-refractivity contribution in [2.75, 3.05) is 32.2 Å². The summed E-state index contributed by atoms with van der Waals surface area (Å²) in [4.78, 5) is 0. The first-order valence-electron chi connectivity index (χ1n) is 7.38. The first kappa shape index (κ1) is 19.4. The van der Waals surface area contributed by atoms with Crippen LogP contribution in [0.15, 0.2) is 0 Å². The number of rotatable bonds is 2. The van der Waals surface area contributed by atoms with Crippen LogP contribution >= 0.6 is 0 Å². The average molecular weight is 422 g/mol. The Balaban J connectivity index is 1.75. The molecular formula is C11H18O11S3. The van der Waals surface area contributed by atoms with E-state index in [9.17, 15) is 25.3 Å². The van der Waals surface area contributed by atoms with Gasteiger partial charge in [-0.15, -0.1) is 0 Å². The lowest BCUT2D eigenvalue weighted by molar-refractivity contribution is -0.0392. The van der Waals surface area contributed by atoms with Crippen LogP contribution < -0.4 is 0 Å². The van der Waals surface area contributed by atoms with Crippen molar-refractivity contribution in [2.24, 2.45) is 17.3 Å². The maximum atomic E-state index is 12.1. The Bertz CT molecular complexity index is 800. The van der Waals surface area contributed by atoms with Crippen LogP contribution in [-0.2, 0) is 51.8 Å². The van der Waals surface area contributed by atoms with Gasteiger partial charge >= 0.3 is 20.8 Å². The van der Waals surface area contributed by atoms with Gasteiger partial charge in [-0.3, -0.25) is 4.18 Å². The van der Waals surface area contributed by atoms with E-state index in [1.165, 1.54) is 0 Å². The Morgan fingerprint density at radius 2 is 1.36 bits per heavy atom. The molecule has 0 aliphatic carbocycles.